The number of rotatable bonds is 0. The van der Waals surface area contributed by atoms with Gasteiger partial charge in [0.15, 0.2) is 0 Å². The molecule has 0 unspecified atom stereocenters. The van der Waals surface area contributed by atoms with Crippen molar-refractivity contribution in [3.8, 4) is 5.75 Å². The molecule has 0 amide bonds. The molecule has 0 radical (unpaired) electrons. The predicted molar refractivity (Wildman–Crippen MR) is 61.0 cm³/mol. The van der Waals surface area contributed by atoms with Crippen LogP contribution in [-0.4, -0.2) is 5.11 Å². The SMILES string of the molecule is Oc1cc2ccc1c1ccc(cc1)s2. The second-order valence-corrected chi connectivity index (χ2v) is 4.45. The molecule has 6 rings (SSSR count). The molecule has 2 heteroatoms. The van der Waals surface area contributed by atoms with Gasteiger partial charge in [0, 0.05) is 14.8 Å². The van der Waals surface area contributed by atoms with E-state index < -0.39 is 0 Å². The second kappa shape index (κ2) is 2.72. The van der Waals surface area contributed by atoms with E-state index in [-0.39, 0.29) is 0 Å². The Hall–Kier alpha value is -1.54. The smallest absolute Gasteiger partial charge is 0.124 e. The van der Waals surface area contributed by atoms with E-state index >= 15 is 0 Å². The highest BCUT2D eigenvalue weighted by Gasteiger charge is 1.99. The van der Waals surface area contributed by atoms with E-state index in [1.165, 1.54) is 4.70 Å². The third-order valence-electron chi connectivity index (χ3n) is 2.37. The van der Waals surface area contributed by atoms with Crippen molar-refractivity contribution < 1.29 is 5.11 Å². The molecule has 4 heterocycles. The molecule has 0 spiro atoms. The summed E-state index contributed by atoms with van der Waals surface area (Å²) in [6.07, 6.45) is 0. The monoisotopic (exact) mass is 200 g/mol. The van der Waals surface area contributed by atoms with Gasteiger partial charge in [-0.05, 0) is 35.7 Å². The Balaban J connectivity index is 2.74. The highest BCUT2D eigenvalue weighted by Crippen LogP contribution is 2.29. The fourth-order valence-corrected chi connectivity index (χ4v) is 2.51. The normalized spacial score (nSPS) is 11.1. The van der Waals surface area contributed by atoms with Gasteiger partial charge in [-0.25, -0.2) is 0 Å². The van der Waals surface area contributed by atoms with E-state index in [2.05, 4.69) is 12.1 Å². The lowest BCUT2D eigenvalue weighted by atomic mass is 10.1. The van der Waals surface area contributed by atoms with E-state index in [0.29, 0.717) is 5.75 Å². The summed E-state index contributed by atoms with van der Waals surface area (Å²) >= 11 is 1.67. The summed E-state index contributed by atoms with van der Waals surface area (Å²) in [5, 5.41) is 11.8. The van der Waals surface area contributed by atoms with Crippen molar-refractivity contribution in [3.05, 3.63) is 42.5 Å². The van der Waals surface area contributed by atoms with Crippen LogP contribution in [-0.2, 0) is 0 Å². The molecule has 0 fully saturated rings. The van der Waals surface area contributed by atoms with Gasteiger partial charge < -0.3 is 5.11 Å². The number of hydrogen-bond donors (Lipinski definition) is 1. The lowest BCUT2D eigenvalue weighted by Crippen LogP contribution is -1.68. The molecule has 1 N–H and O–H groups in total. The lowest BCUT2D eigenvalue weighted by molar-refractivity contribution is 0.482. The van der Waals surface area contributed by atoms with Crippen molar-refractivity contribution in [2.45, 2.75) is 0 Å². The Labute approximate surface area is 85.2 Å². The molecule has 0 saturated heterocycles. The first kappa shape index (κ1) is 7.83. The molecule has 68 valence electrons. The van der Waals surface area contributed by atoms with E-state index in [1.54, 1.807) is 11.3 Å². The fraction of sp³-hybridized carbons (Fsp3) is 0. The summed E-state index contributed by atoms with van der Waals surface area (Å²) in [6.45, 7) is 0. The molecule has 14 heavy (non-hydrogen) atoms. The summed E-state index contributed by atoms with van der Waals surface area (Å²) in [7, 11) is 0. The molecule has 0 aliphatic carbocycles. The molecule has 0 saturated carbocycles. The maximum atomic E-state index is 9.79. The van der Waals surface area contributed by atoms with Crippen LogP contribution in [0, 0.1) is 0 Å². The number of aromatic hydroxyl groups is 1. The van der Waals surface area contributed by atoms with E-state index in [1.807, 2.05) is 30.3 Å². The predicted octanol–water partition coefficient (Wildman–Crippen LogP) is 3.76. The first-order chi connectivity index (χ1) is 6.83. The van der Waals surface area contributed by atoms with Crippen LogP contribution in [0.3, 0.4) is 0 Å². The molecule has 2 aromatic carbocycles. The van der Waals surface area contributed by atoms with Crippen LogP contribution in [0.25, 0.3) is 20.2 Å². The minimum atomic E-state index is 0.363. The first-order valence-corrected chi connectivity index (χ1v) is 5.26. The Morgan fingerprint density at radius 3 is 2.29 bits per heavy atom. The topological polar surface area (TPSA) is 20.2 Å². The van der Waals surface area contributed by atoms with E-state index in [9.17, 15) is 5.11 Å². The number of benzene rings is 2. The lowest BCUT2D eigenvalue weighted by Gasteiger charge is -1.95. The van der Waals surface area contributed by atoms with Crippen molar-refractivity contribution in [1.82, 2.24) is 0 Å². The van der Waals surface area contributed by atoms with Crippen LogP contribution < -0.4 is 0 Å². The Kier molecular flexibility index (Phi) is 1.52. The van der Waals surface area contributed by atoms with Crippen LogP contribution in [0.1, 0.15) is 0 Å². The molecular formula is C12H8OS. The van der Waals surface area contributed by atoms with Crippen LogP contribution in [0.15, 0.2) is 42.5 Å². The molecule has 0 aliphatic rings. The van der Waals surface area contributed by atoms with Gasteiger partial charge in [-0.1, -0.05) is 12.1 Å². The minimum absolute atomic E-state index is 0.363. The van der Waals surface area contributed by atoms with Crippen molar-refractivity contribution in [1.29, 1.82) is 0 Å². The average Bonchev–Trinajstić information content (AvgIpc) is 2.37. The van der Waals surface area contributed by atoms with Gasteiger partial charge in [0.25, 0.3) is 0 Å². The van der Waals surface area contributed by atoms with Crippen LogP contribution in [0.2, 0.25) is 0 Å². The van der Waals surface area contributed by atoms with Gasteiger partial charge in [0.2, 0.25) is 0 Å². The summed E-state index contributed by atoms with van der Waals surface area (Å²) in [5.41, 5.74) is 0. The van der Waals surface area contributed by atoms with Gasteiger partial charge in [-0.3, -0.25) is 0 Å². The van der Waals surface area contributed by atoms with Crippen molar-refractivity contribution in [2.75, 3.05) is 0 Å². The van der Waals surface area contributed by atoms with Crippen LogP contribution in [0.5, 0.6) is 5.75 Å². The second-order valence-electron chi connectivity index (χ2n) is 3.31. The molecule has 4 bridgehead atoms. The first-order valence-electron chi connectivity index (χ1n) is 4.44. The maximum absolute atomic E-state index is 9.79. The quantitative estimate of drug-likeness (QED) is 0.585. The average molecular weight is 200 g/mol. The third-order valence-corrected chi connectivity index (χ3v) is 3.37. The molecular weight excluding hydrogens is 192 g/mol. The minimum Gasteiger partial charge on any atom is -0.507 e. The van der Waals surface area contributed by atoms with Crippen LogP contribution >= 0.6 is 11.3 Å². The van der Waals surface area contributed by atoms with Gasteiger partial charge >= 0.3 is 0 Å². The largest absolute Gasteiger partial charge is 0.507 e. The highest BCUT2D eigenvalue weighted by molar-refractivity contribution is 7.22. The number of phenols is 1. The Bertz CT molecular complexity index is 590. The van der Waals surface area contributed by atoms with Crippen molar-refractivity contribution in [3.63, 3.8) is 0 Å². The summed E-state index contributed by atoms with van der Waals surface area (Å²) in [5.74, 6) is 0.363. The standard InChI is InChI=1S/C12H8OS/c13-12-7-10-5-6-11(12)8-1-3-9(14-10)4-2-8/h1-7,13H. The zero-order valence-corrected chi connectivity index (χ0v) is 8.21. The summed E-state index contributed by atoms with van der Waals surface area (Å²) in [4.78, 5) is 0. The van der Waals surface area contributed by atoms with Gasteiger partial charge in [-0.15, -0.1) is 11.3 Å². The Morgan fingerprint density at radius 2 is 1.57 bits per heavy atom. The van der Waals surface area contributed by atoms with E-state index in [4.69, 9.17) is 0 Å². The molecule has 1 nitrogen and oxygen atoms in total. The van der Waals surface area contributed by atoms with Crippen molar-refractivity contribution >= 4 is 31.5 Å². The Morgan fingerprint density at radius 1 is 0.857 bits per heavy atom. The van der Waals surface area contributed by atoms with Crippen LogP contribution in [0.4, 0.5) is 0 Å². The summed E-state index contributed by atoms with van der Waals surface area (Å²) in [6, 6.07) is 14.1. The number of hydrogen-bond acceptors (Lipinski definition) is 2. The van der Waals surface area contributed by atoms with Gasteiger partial charge in [0.1, 0.15) is 5.75 Å². The zero-order chi connectivity index (χ0) is 9.54. The van der Waals surface area contributed by atoms with Gasteiger partial charge in [-0.2, -0.15) is 0 Å². The van der Waals surface area contributed by atoms with Crippen molar-refractivity contribution in [2.24, 2.45) is 0 Å². The summed E-state index contributed by atoms with van der Waals surface area (Å²) < 4.78 is 2.29. The van der Waals surface area contributed by atoms with Gasteiger partial charge in [0.05, 0.1) is 0 Å². The number of phenolic OH excluding ortho intramolecular Hbond substituents is 1. The molecule has 4 aromatic heterocycles. The fourth-order valence-electron chi connectivity index (χ4n) is 1.66. The zero-order valence-electron chi connectivity index (χ0n) is 7.40. The maximum Gasteiger partial charge on any atom is 0.124 e. The highest BCUT2D eigenvalue weighted by atomic mass is 32.1. The molecule has 0 aliphatic heterocycles. The third kappa shape index (κ3) is 1.08. The van der Waals surface area contributed by atoms with E-state index in [0.717, 1.165) is 15.5 Å². The molecule has 0 atom stereocenters. The molecule has 6 aromatic rings.